The Morgan fingerprint density at radius 3 is 2.35 bits per heavy atom. The highest BCUT2D eigenvalue weighted by Gasteiger charge is 2.17. The summed E-state index contributed by atoms with van der Waals surface area (Å²) in [5.74, 6) is -0.892. The van der Waals surface area contributed by atoms with Gasteiger partial charge in [-0.25, -0.2) is 12.8 Å². The highest BCUT2D eigenvalue weighted by Crippen LogP contribution is 2.25. The van der Waals surface area contributed by atoms with Crippen LogP contribution in [0, 0.1) is 5.82 Å². The van der Waals surface area contributed by atoms with E-state index in [0.29, 0.717) is 11.3 Å². The van der Waals surface area contributed by atoms with Crippen LogP contribution in [-0.2, 0) is 15.6 Å². The monoisotopic (exact) mass is 333 g/mol. The van der Waals surface area contributed by atoms with E-state index >= 15 is 0 Å². The normalized spacial score (nSPS) is 11.6. The highest BCUT2D eigenvalue weighted by atomic mass is 35.5. The number of benzene rings is 2. The Balaban J connectivity index is 2.35. The first-order valence-corrected chi connectivity index (χ1v) is 7.92. The van der Waals surface area contributed by atoms with Crippen LogP contribution in [0.3, 0.4) is 0 Å². The minimum Gasteiger partial charge on any atom is -0.398 e. The fourth-order valence-electron chi connectivity index (χ4n) is 1.63. The Kier molecular flexibility index (Phi) is 4.22. The third kappa shape index (κ3) is 3.23. The van der Waals surface area contributed by atoms with Crippen LogP contribution in [0.2, 0.25) is 10.0 Å². The van der Waals surface area contributed by atoms with Crippen molar-refractivity contribution < 1.29 is 12.8 Å². The molecule has 0 aliphatic carbocycles. The van der Waals surface area contributed by atoms with Gasteiger partial charge in [0.15, 0.2) is 9.84 Å². The molecule has 0 bridgehead atoms. The Morgan fingerprint density at radius 2 is 1.75 bits per heavy atom. The SMILES string of the molecule is Nc1ccc(S(=O)(=O)Cc2ccc(F)c(Cl)c2)cc1Cl. The summed E-state index contributed by atoms with van der Waals surface area (Å²) in [5, 5.41) is 0.0521. The van der Waals surface area contributed by atoms with Crippen molar-refractivity contribution in [3.8, 4) is 0 Å². The molecular formula is C13H10Cl2FNO2S. The average molecular weight is 334 g/mol. The van der Waals surface area contributed by atoms with Crippen molar-refractivity contribution in [2.75, 3.05) is 5.73 Å². The topological polar surface area (TPSA) is 60.2 Å². The van der Waals surface area contributed by atoms with Crippen molar-refractivity contribution in [2.24, 2.45) is 0 Å². The number of hydrogen-bond donors (Lipinski definition) is 1. The number of nitrogen functional groups attached to an aromatic ring is 1. The van der Waals surface area contributed by atoms with Crippen LogP contribution in [0.4, 0.5) is 10.1 Å². The van der Waals surface area contributed by atoms with Gasteiger partial charge in [-0.3, -0.25) is 0 Å². The van der Waals surface area contributed by atoms with Crippen LogP contribution in [-0.4, -0.2) is 8.42 Å². The first kappa shape index (κ1) is 15.1. The summed E-state index contributed by atoms with van der Waals surface area (Å²) in [6.07, 6.45) is 0. The number of sulfone groups is 1. The molecule has 0 saturated carbocycles. The number of halogens is 3. The van der Waals surface area contributed by atoms with E-state index in [9.17, 15) is 12.8 Å². The lowest BCUT2D eigenvalue weighted by Gasteiger charge is -2.07. The second-order valence-corrected chi connectivity index (χ2v) is 6.99. The highest BCUT2D eigenvalue weighted by molar-refractivity contribution is 7.90. The molecular weight excluding hydrogens is 324 g/mol. The smallest absolute Gasteiger partial charge is 0.182 e. The summed E-state index contributed by atoms with van der Waals surface area (Å²) in [5.41, 5.74) is 6.23. The maximum atomic E-state index is 13.0. The fourth-order valence-corrected chi connectivity index (χ4v) is 3.44. The summed E-state index contributed by atoms with van der Waals surface area (Å²) in [7, 11) is -3.60. The van der Waals surface area contributed by atoms with E-state index in [1.807, 2.05) is 0 Å². The summed E-state index contributed by atoms with van der Waals surface area (Å²) in [4.78, 5) is 0.0529. The van der Waals surface area contributed by atoms with Crippen LogP contribution in [0.5, 0.6) is 0 Å². The maximum Gasteiger partial charge on any atom is 0.182 e. The summed E-state index contributed by atoms with van der Waals surface area (Å²) < 4.78 is 37.5. The molecule has 3 nitrogen and oxygen atoms in total. The van der Waals surface area contributed by atoms with E-state index in [4.69, 9.17) is 28.9 Å². The molecule has 2 aromatic carbocycles. The van der Waals surface area contributed by atoms with E-state index in [1.54, 1.807) is 0 Å². The molecule has 0 aromatic heterocycles. The minimum absolute atomic E-state index is 0.0529. The first-order valence-electron chi connectivity index (χ1n) is 5.51. The lowest BCUT2D eigenvalue weighted by Crippen LogP contribution is -2.05. The second-order valence-electron chi connectivity index (χ2n) is 4.19. The van der Waals surface area contributed by atoms with E-state index in [2.05, 4.69) is 0 Å². The number of nitrogens with two attached hydrogens (primary N) is 1. The molecule has 0 saturated heterocycles. The predicted octanol–water partition coefficient (Wildman–Crippen LogP) is 3.69. The van der Waals surface area contributed by atoms with Gasteiger partial charge in [-0.2, -0.15) is 0 Å². The van der Waals surface area contributed by atoms with E-state index < -0.39 is 15.7 Å². The molecule has 0 amide bonds. The number of hydrogen-bond acceptors (Lipinski definition) is 3. The summed E-state index contributed by atoms with van der Waals surface area (Å²) in [6, 6.07) is 7.88. The van der Waals surface area contributed by atoms with Crippen LogP contribution < -0.4 is 5.73 Å². The Bertz CT molecular complexity index is 763. The quantitative estimate of drug-likeness (QED) is 0.871. The molecule has 0 radical (unpaired) electrons. The van der Waals surface area contributed by atoms with Gasteiger partial charge in [0.2, 0.25) is 0 Å². The van der Waals surface area contributed by atoms with Gasteiger partial charge in [0.05, 0.1) is 26.4 Å². The van der Waals surface area contributed by atoms with E-state index in [-0.39, 0.29) is 20.7 Å². The standard InChI is InChI=1S/C13H10Cl2FNO2S/c14-10-5-8(1-3-12(10)16)7-20(18,19)9-2-4-13(17)11(15)6-9/h1-6H,7,17H2. The third-order valence-electron chi connectivity index (χ3n) is 2.67. The van der Waals surface area contributed by atoms with Gasteiger partial charge in [0, 0.05) is 0 Å². The van der Waals surface area contributed by atoms with Crippen molar-refractivity contribution in [3.63, 3.8) is 0 Å². The van der Waals surface area contributed by atoms with Gasteiger partial charge in [0.1, 0.15) is 5.82 Å². The van der Waals surface area contributed by atoms with Gasteiger partial charge in [-0.05, 0) is 35.9 Å². The minimum atomic E-state index is -3.60. The molecule has 0 fully saturated rings. The van der Waals surface area contributed by atoms with Gasteiger partial charge in [-0.15, -0.1) is 0 Å². The maximum absolute atomic E-state index is 13.0. The largest absolute Gasteiger partial charge is 0.398 e. The molecule has 0 spiro atoms. The van der Waals surface area contributed by atoms with Crippen LogP contribution in [0.1, 0.15) is 5.56 Å². The molecule has 20 heavy (non-hydrogen) atoms. The fraction of sp³-hybridized carbons (Fsp3) is 0.0769. The zero-order chi connectivity index (χ0) is 14.9. The molecule has 0 aliphatic rings. The molecule has 2 rings (SSSR count). The molecule has 0 heterocycles. The van der Waals surface area contributed by atoms with Crippen LogP contribution in [0.25, 0.3) is 0 Å². The predicted molar refractivity (Wildman–Crippen MR) is 78.2 cm³/mol. The molecule has 0 unspecified atom stereocenters. The van der Waals surface area contributed by atoms with Crippen molar-refractivity contribution in [1.82, 2.24) is 0 Å². The molecule has 2 N–H and O–H groups in total. The molecule has 7 heteroatoms. The number of anilines is 1. The Hall–Kier alpha value is -1.30. The van der Waals surface area contributed by atoms with E-state index in [0.717, 1.165) is 6.07 Å². The summed E-state index contributed by atoms with van der Waals surface area (Å²) >= 11 is 11.4. The van der Waals surface area contributed by atoms with Gasteiger partial charge >= 0.3 is 0 Å². The van der Waals surface area contributed by atoms with Gasteiger partial charge < -0.3 is 5.73 Å². The number of rotatable bonds is 3. The second kappa shape index (κ2) is 5.60. The molecule has 106 valence electrons. The van der Waals surface area contributed by atoms with Crippen molar-refractivity contribution in [1.29, 1.82) is 0 Å². The lowest BCUT2D eigenvalue weighted by molar-refractivity contribution is 0.595. The molecule has 0 atom stereocenters. The first-order chi connectivity index (χ1) is 9.29. The Morgan fingerprint density at radius 1 is 1.05 bits per heavy atom. The van der Waals surface area contributed by atoms with Crippen LogP contribution >= 0.6 is 23.2 Å². The molecule has 2 aromatic rings. The van der Waals surface area contributed by atoms with Crippen LogP contribution in [0.15, 0.2) is 41.3 Å². The Labute approximate surface area is 126 Å². The van der Waals surface area contributed by atoms with Gasteiger partial charge in [0.25, 0.3) is 0 Å². The average Bonchev–Trinajstić information content (AvgIpc) is 2.37. The molecule has 0 aliphatic heterocycles. The zero-order valence-electron chi connectivity index (χ0n) is 10.1. The zero-order valence-corrected chi connectivity index (χ0v) is 12.4. The lowest BCUT2D eigenvalue weighted by atomic mass is 10.2. The van der Waals surface area contributed by atoms with Crippen molar-refractivity contribution in [3.05, 3.63) is 57.8 Å². The van der Waals surface area contributed by atoms with Crippen molar-refractivity contribution >= 4 is 38.7 Å². The van der Waals surface area contributed by atoms with Gasteiger partial charge in [-0.1, -0.05) is 29.3 Å². The third-order valence-corrected chi connectivity index (χ3v) is 4.97. The summed E-state index contributed by atoms with van der Waals surface area (Å²) in [6.45, 7) is 0. The van der Waals surface area contributed by atoms with E-state index in [1.165, 1.54) is 30.3 Å². The van der Waals surface area contributed by atoms with Crippen molar-refractivity contribution in [2.45, 2.75) is 10.6 Å².